The molecule has 0 aliphatic rings. The molecular weight excluding hydrogens is 769 g/mol. The van der Waals surface area contributed by atoms with Gasteiger partial charge in [-0.15, -0.1) is 39.7 Å². The second-order valence-electron chi connectivity index (χ2n) is 14.0. The molecule has 0 aliphatic carbocycles. The predicted octanol–water partition coefficient (Wildman–Crippen LogP) is 13.9. The Hall–Kier alpha value is -2.99. The number of rotatable bonds is 2. The van der Waals surface area contributed by atoms with Crippen LogP contribution in [0.2, 0.25) is 0 Å². The van der Waals surface area contributed by atoms with E-state index < -0.39 is 42.4 Å². The zero-order valence-electron chi connectivity index (χ0n) is 28.6. The normalized spacial score (nSPS) is 12.2. The van der Waals surface area contributed by atoms with Crippen LogP contribution in [0.1, 0.15) is 74.9 Å². The number of alkyl halides is 6. The summed E-state index contributed by atoms with van der Waals surface area (Å²) < 4.78 is 76.1. The molecule has 6 aromatic carbocycles. The molecule has 0 unspecified atom stereocenters. The van der Waals surface area contributed by atoms with Gasteiger partial charge in [0.2, 0.25) is 0 Å². The Balaban J connectivity index is 0.000000198. The van der Waals surface area contributed by atoms with Crippen molar-refractivity contribution in [1.29, 1.82) is 0 Å². The molecule has 6 rings (SSSR count). The van der Waals surface area contributed by atoms with E-state index >= 15 is 0 Å². The first kappa shape index (κ1) is 39.8. The Morgan fingerprint density at radius 3 is 1.12 bits per heavy atom. The van der Waals surface area contributed by atoms with Crippen LogP contribution >= 0.6 is 17.0 Å². The number of benzene rings is 4. The molecule has 50 heavy (non-hydrogen) atoms. The monoisotopic (exact) mass is 804 g/mol. The molecule has 0 aromatic heterocycles. The fraction of sp³-hybridized carbons (Fsp3) is 0.244. The van der Waals surface area contributed by atoms with Gasteiger partial charge in [0, 0.05) is 0 Å². The summed E-state index contributed by atoms with van der Waals surface area (Å²) in [6.45, 7) is 13.6. The Bertz CT molecular complexity index is 1890. The maximum Gasteiger partial charge on any atom is -0.172 e. The molecule has 0 spiro atoms. The molecule has 0 aliphatic heterocycles. The van der Waals surface area contributed by atoms with E-state index in [9.17, 15) is 26.3 Å². The Morgan fingerprint density at radius 1 is 0.520 bits per heavy atom. The van der Waals surface area contributed by atoms with Gasteiger partial charge >= 0.3 is 149 Å². The van der Waals surface area contributed by atoms with Crippen LogP contribution in [0.4, 0.5) is 26.3 Å². The van der Waals surface area contributed by atoms with Crippen molar-refractivity contribution in [1.82, 2.24) is 0 Å². The molecule has 0 saturated heterocycles. The molecule has 9 heteroatoms. The van der Waals surface area contributed by atoms with Crippen molar-refractivity contribution in [2.75, 3.05) is 0 Å². The smallest absolute Gasteiger partial charge is 0.172 e. The maximum absolute atomic E-state index is 12.6. The minimum atomic E-state index is -4.48. The van der Waals surface area contributed by atoms with Crippen molar-refractivity contribution < 1.29 is 45.2 Å². The van der Waals surface area contributed by atoms with Crippen LogP contribution in [0, 0.1) is 0 Å². The summed E-state index contributed by atoms with van der Waals surface area (Å²) in [6.07, 6.45) is -8.95. The minimum absolute atomic E-state index is 0.203. The number of hydrogen-bond acceptors (Lipinski definition) is 0. The summed E-state index contributed by atoms with van der Waals surface area (Å²) in [5.74, 6) is 0. The maximum atomic E-state index is 12.6. The van der Waals surface area contributed by atoms with Crippen LogP contribution in [0.25, 0.3) is 21.5 Å². The van der Waals surface area contributed by atoms with Gasteiger partial charge in [0.15, 0.2) is 0 Å². The van der Waals surface area contributed by atoms with E-state index in [1.165, 1.54) is 56.9 Å². The molecule has 6 aromatic rings. The first-order chi connectivity index (χ1) is 23.2. The second-order valence-corrected chi connectivity index (χ2v) is 22.1. The summed E-state index contributed by atoms with van der Waals surface area (Å²) in [5.41, 5.74) is 2.31. The summed E-state index contributed by atoms with van der Waals surface area (Å²) >= 11 is -3.15. The van der Waals surface area contributed by atoms with Crippen molar-refractivity contribution in [2.45, 2.75) is 64.7 Å². The third kappa shape index (κ3) is 10.3. The van der Waals surface area contributed by atoms with Crippen LogP contribution in [-0.2, 0) is 42.1 Å². The van der Waals surface area contributed by atoms with Gasteiger partial charge in [0.25, 0.3) is 0 Å². The topological polar surface area (TPSA) is 0 Å². The van der Waals surface area contributed by atoms with Crippen molar-refractivity contribution in [2.24, 2.45) is 0 Å². The van der Waals surface area contributed by atoms with Gasteiger partial charge in [-0.25, -0.2) is 12.1 Å². The van der Waals surface area contributed by atoms with E-state index in [-0.39, 0.29) is 10.8 Å². The SMILES string of the molecule is CC(C)(C)c1ccc2c(c1)[cH-]c1cc(C(C)(C)C)ccc12.FC(F)(F)c1ccc([C](c2ccc(C(F)(F)F)cc2)=[Zr]([Cl])[Cl])cc1.c1cc[cH-]c1. The quantitative estimate of drug-likeness (QED) is 0.121. The molecule has 264 valence electrons. The average Bonchev–Trinajstić information content (AvgIpc) is 3.72. The number of hydrogen-bond donors (Lipinski definition) is 0. The van der Waals surface area contributed by atoms with Crippen molar-refractivity contribution in [3.05, 3.63) is 155 Å². The van der Waals surface area contributed by atoms with Crippen LogP contribution < -0.4 is 0 Å². The summed E-state index contributed by atoms with van der Waals surface area (Å²) in [6, 6.07) is 34.6. The Labute approximate surface area is 304 Å². The van der Waals surface area contributed by atoms with Crippen molar-refractivity contribution in [3.8, 4) is 0 Å². The molecule has 0 saturated carbocycles. The number of halogens is 8. The minimum Gasteiger partial charge on any atom is -0.214 e. The van der Waals surface area contributed by atoms with E-state index in [0.29, 0.717) is 14.3 Å². The van der Waals surface area contributed by atoms with E-state index in [0.717, 1.165) is 24.3 Å². The van der Waals surface area contributed by atoms with Gasteiger partial charge in [0.1, 0.15) is 0 Å². The van der Waals surface area contributed by atoms with E-state index in [1.54, 1.807) is 0 Å². The molecule has 0 atom stereocenters. The molecule has 0 bridgehead atoms. The predicted molar refractivity (Wildman–Crippen MR) is 194 cm³/mol. The number of fused-ring (bicyclic) bond motifs is 3. The van der Waals surface area contributed by atoms with Gasteiger partial charge in [-0.05, 0) is 10.8 Å². The average molecular weight is 807 g/mol. The molecule has 0 nitrogen and oxygen atoms in total. The van der Waals surface area contributed by atoms with Gasteiger partial charge in [-0.1, -0.05) is 76.9 Å². The van der Waals surface area contributed by atoms with Crippen LogP contribution in [0.3, 0.4) is 0 Å². The summed E-state index contributed by atoms with van der Waals surface area (Å²) in [4.78, 5) is 0. The van der Waals surface area contributed by atoms with Gasteiger partial charge in [0.05, 0.1) is 0 Å². The molecule has 0 N–H and O–H groups in total. The fourth-order valence-electron chi connectivity index (χ4n) is 5.31. The zero-order valence-corrected chi connectivity index (χ0v) is 32.5. The molecule has 0 heterocycles. The van der Waals surface area contributed by atoms with Crippen molar-refractivity contribution in [3.63, 3.8) is 0 Å². The third-order valence-electron chi connectivity index (χ3n) is 8.18. The first-order valence-corrected chi connectivity index (χ1v) is 23.4. The Kier molecular flexibility index (Phi) is 12.5. The van der Waals surface area contributed by atoms with Crippen LogP contribution in [0.15, 0.2) is 121 Å². The standard InChI is InChI=1S/C21H25.C15H8F6.C5H5.2ClH.Zr/c1-20(2,3)16-7-9-18-14(12-16)11-15-13-17(21(4,5)6)8-10-19(15)18;16-14(17,18)12-5-1-10(2-6-12)9-11-3-7-13(8-4-11)15(19,20)21;1-2-4-5-3-1;;;/h7-13H,1-6H3;1-8H;1-5H;2*1H;/q-1;;-1;;;+2/p-2. The first-order valence-electron chi connectivity index (χ1n) is 15.9. The van der Waals surface area contributed by atoms with Crippen molar-refractivity contribution >= 4 is 41.8 Å². The van der Waals surface area contributed by atoms with Gasteiger partial charge in [-0.2, -0.15) is 18.2 Å². The van der Waals surface area contributed by atoms with E-state index in [2.05, 4.69) is 84.0 Å². The molecular formula is C41H38Cl2F6Zr-2. The van der Waals surface area contributed by atoms with Crippen LogP contribution in [0.5, 0.6) is 0 Å². The Morgan fingerprint density at radius 2 is 0.860 bits per heavy atom. The zero-order chi connectivity index (χ0) is 37.1. The molecule has 0 amide bonds. The third-order valence-corrected chi connectivity index (χ3v) is 12.8. The largest absolute Gasteiger partial charge is 0.214 e. The van der Waals surface area contributed by atoms with Gasteiger partial charge in [-0.3, -0.25) is 0 Å². The van der Waals surface area contributed by atoms with E-state index in [4.69, 9.17) is 17.0 Å². The second kappa shape index (κ2) is 15.7. The molecule has 0 radical (unpaired) electrons. The van der Waals surface area contributed by atoms with Gasteiger partial charge < -0.3 is 0 Å². The van der Waals surface area contributed by atoms with Crippen LogP contribution in [-0.4, -0.2) is 3.21 Å². The summed E-state index contributed by atoms with van der Waals surface area (Å²) in [7, 11) is 12.1. The molecule has 0 fully saturated rings. The summed E-state index contributed by atoms with van der Waals surface area (Å²) in [5, 5.41) is 5.48. The fourth-order valence-corrected chi connectivity index (χ4v) is 9.79. The van der Waals surface area contributed by atoms with E-state index in [1.807, 2.05) is 30.3 Å².